The maximum atomic E-state index is 10.9. The van der Waals surface area contributed by atoms with Crippen LogP contribution in [0.2, 0.25) is 0 Å². The van der Waals surface area contributed by atoms with E-state index < -0.39 is 5.97 Å². The standard InChI is InChI=1S/C15H20BrNO2/c1-17(14-5-3-2-4-13(14)16)10-11-6-8-12(9-7-11)15(18)19/h2-5,11-12H,6-10H2,1H3,(H,18,19). The molecule has 2 rings (SSSR count). The number of hydrogen-bond acceptors (Lipinski definition) is 2. The van der Waals surface area contributed by atoms with Crippen LogP contribution in [0.1, 0.15) is 25.7 Å². The van der Waals surface area contributed by atoms with Crippen LogP contribution in [0.3, 0.4) is 0 Å². The lowest BCUT2D eigenvalue weighted by atomic mass is 9.82. The van der Waals surface area contributed by atoms with E-state index in [1.54, 1.807) is 0 Å². The van der Waals surface area contributed by atoms with Gasteiger partial charge in [-0.05, 0) is 59.7 Å². The Hall–Kier alpha value is -1.03. The van der Waals surface area contributed by atoms with Gasteiger partial charge in [-0.1, -0.05) is 12.1 Å². The molecule has 1 aliphatic carbocycles. The number of hydrogen-bond donors (Lipinski definition) is 1. The predicted octanol–water partition coefficient (Wildman–Crippen LogP) is 3.78. The van der Waals surface area contributed by atoms with Crippen molar-refractivity contribution in [3.8, 4) is 0 Å². The summed E-state index contributed by atoms with van der Waals surface area (Å²) in [6, 6.07) is 8.21. The van der Waals surface area contributed by atoms with E-state index in [1.165, 1.54) is 5.69 Å². The first-order chi connectivity index (χ1) is 9.08. The summed E-state index contributed by atoms with van der Waals surface area (Å²) < 4.78 is 1.11. The molecular formula is C15H20BrNO2. The molecule has 0 aromatic heterocycles. The Morgan fingerprint density at radius 3 is 2.53 bits per heavy atom. The summed E-state index contributed by atoms with van der Waals surface area (Å²) in [4.78, 5) is 13.2. The third-order valence-corrected chi connectivity index (χ3v) is 4.66. The zero-order chi connectivity index (χ0) is 13.8. The Balaban J connectivity index is 1.89. The molecule has 1 aliphatic rings. The van der Waals surface area contributed by atoms with E-state index in [0.29, 0.717) is 5.92 Å². The predicted molar refractivity (Wildman–Crippen MR) is 80.5 cm³/mol. The molecule has 1 N–H and O–H groups in total. The Kier molecular flexibility index (Phi) is 4.86. The summed E-state index contributed by atoms with van der Waals surface area (Å²) in [6.07, 6.45) is 3.69. The molecule has 104 valence electrons. The van der Waals surface area contributed by atoms with Crippen molar-refractivity contribution in [1.82, 2.24) is 0 Å². The highest BCUT2D eigenvalue weighted by Crippen LogP contribution is 2.31. The highest BCUT2D eigenvalue weighted by atomic mass is 79.9. The lowest BCUT2D eigenvalue weighted by molar-refractivity contribution is -0.143. The molecule has 1 fully saturated rings. The van der Waals surface area contributed by atoms with Gasteiger partial charge in [0.15, 0.2) is 0 Å². The van der Waals surface area contributed by atoms with Gasteiger partial charge in [-0.3, -0.25) is 4.79 Å². The molecule has 3 nitrogen and oxygen atoms in total. The third kappa shape index (κ3) is 3.72. The fourth-order valence-electron chi connectivity index (χ4n) is 2.84. The van der Waals surface area contributed by atoms with Gasteiger partial charge in [-0.15, -0.1) is 0 Å². The summed E-state index contributed by atoms with van der Waals surface area (Å²) >= 11 is 3.57. The Bertz CT molecular complexity index is 442. The highest BCUT2D eigenvalue weighted by molar-refractivity contribution is 9.10. The summed E-state index contributed by atoms with van der Waals surface area (Å²) in [5, 5.41) is 9.00. The van der Waals surface area contributed by atoms with Crippen LogP contribution in [0.4, 0.5) is 5.69 Å². The van der Waals surface area contributed by atoms with Gasteiger partial charge in [0.05, 0.1) is 11.6 Å². The van der Waals surface area contributed by atoms with Crippen LogP contribution in [0.15, 0.2) is 28.7 Å². The molecule has 0 saturated heterocycles. The second kappa shape index (κ2) is 6.42. The molecule has 1 saturated carbocycles. The Labute approximate surface area is 122 Å². The topological polar surface area (TPSA) is 40.5 Å². The Morgan fingerprint density at radius 1 is 1.32 bits per heavy atom. The van der Waals surface area contributed by atoms with Crippen LogP contribution >= 0.6 is 15.9 Å². The van der Waals surface area contributed by atoms with Gasteiger partial charge >= 0.3 is 5.97 Å². The fraction of sp³-hybridized carbons (Fsp3) is 0.533. The molecule has 0 aliphatic heterocycles. The van der Waals surface area contributed by atoms with E-state index in [1.807, 2.05) is 18.2 Å². The molecule has 0 bridgehead atoms. The largest absolute Gasteiger partial charge is 0.481 e. The zero-order valence-corrected chi connectivity index (χ0v) is 12.8. The van der Waals surface area contributed by atoms with Crippen molar-refractivity contribution in [2.45, 2.75) is 25.7 Å². The number of halogens is 1. The molecule has 4 heteroatoms. The van der Waals surface area contributed by atoms with Crippen molar-refractivity contribution in [3.05, 3.63) is 28.7 Å². The number of anilines is 1. The van der Waals surface area contributed by atoms with Crippen LogP contribution in [0, 0.1) is 11.8 Å². The second-order valence-electron chi connectivity index (χ2n) is 5.39. The summed E-state index contributed by atoms with van der Waals surface area (Å²) in [7, 11) is 2.10. The van der Waals surface area contributed by atoms with E-state index in [9.17, 15) is 4.79 Å². The van der Waals surface area contributed by atoms with Crippen molar-refractivity contribution in [1.29, 1.82) is 0 Å². The van der Waals surface area contributed by atoms with Crippen LogP contribution in [-0.2, 0) is 4.79 Å². The maximum Gasteiger partial charge on any atom is 0.306 e. The average Bonchev–Trinajstić information content (AvgIpc) is 2.39. The average molecular weight is 326 g/mol. The van der Waals surface area contributed by atoms with Crippen molar-refractivity contribution in [3.63, 3.8) is 0 Å². The number of nitrogens with zero attached hydrogens (tertiary/aromatic N) is 1. The number of benzene rings is 1. The number of rotatable bonds is 4. The minimum atomic E-state index is -0.627. The minimum absolute atomic E-state index is 0.120. The van der Waals surface area contributed by atoms with Crippen molar-refractivity contribution >= 4 is 27.6 Å². The first kappa shape index (κ1) is 14.4. The maximum absolute atomic E-state index is 10.9. The number of aliphatic carboxylic acids is 1. The molecule has 0 atom stereocenters. The molecule has 1 aromatic carbocycles. The number of carboxylic acid groups (broad SMARTS) is 1. The first-order valence-corrected chi connectivity index (χ1v) is 7.55. The molecule has 0 spiro atoms. The zero-order valence-electron chi connectivity index (χ0n) is 11.2. The summed E-state index contributed by atoms with van der Waals surface area (Å²) in [5.74, 6) is -0.143. The van der Waals surface area contributed by atoms with E-state index in [0.717, 1.165) is 36.7 Å². The van der Waals surface area contributed by atoms with Crippen molar-refractivity contribution in [2.75, 3.05) is 18.5 Å². The summed E-state index contributed by atoms with van der Waals surface area (Å²) in [6.45, 7) is 0.995. The molecule has 1 aromatic rings. The van der Waals surface area contributed by atoms with E-state index >= 15 is 0 Å². The lowest BCUT2D eigenvalue weighted by Gasteiger charge is -2.31. The summed E-state index contributed by atoms with van der Waals surface area (Å²) in [5.41, 5.74) is 1.20. The van der Waals surface area contributed by atoms with Gasteiger partial charge in [-0.2, -0.15) is 0 Å². The number of carboxylic acids is 1. The van der Waals surface area contributed by atoms with E-state index in [-0.39, 0.29) is 5.92 Å². The van der Waals surface area contributed by atoms with Gasteiger partial charge in [0, 0.05) is 18.1 Å². The molecule has 0 radical (unpaired) electrons. The monoisotopic (exact) mass is 325 g/mol. The number of carbonyl (C=O) groups is 1. The van der Waals surface area contributed by atoms with Gasteiger partial charge < -0.3 is 10.0 Å². The lowest BCUT2D eigenvalue weighted by Crippen LogP contribution is -2.30. The van der Waals surface area contributed by atoms with Crippen LogP contribution < -0.4 is 4.90 Å². The van der Waals surface area contributed by atoms with Crippen LogP contribution in [-0.4, -0.2) is 24.7 Å². The van der Waals surface area contributed by atoms with E-state index in [4.69, 9.17) is 5.11 Å². The van der Waals surface area contributed by atoms with Crippen LogP contribution in [0.25, 0.3) is 0 Å². The molecule has 19 heavy (non-hydrogen) atoms. The van der Waals surface area contributed by atoms with Crippen molar-refractivity contribution < 1.29 is 9.90 Å². The molecule has 0 unspecified atom stereocenters. The Morgan fingerprint density at radius 2 is 1.95 bits per heavy atom. The fourth-order valence-corrected chi connectivity index (χ4v) is 3.43. The first-order valence-electron chi connectivity index (χ1n) is 6.76. The van der Waals surface area contributed by atoms with Gasteiger partial charge in [-0.25, -0.2) is 0 Å². The second-order valence-corrected chi connectivity index (χ2v) is 6.24. The SMILES string of the molecule is CN(CC1CCC(C(=O)O)CC1)c1ccccc1Br. The highest BCUT2D eigenvalue weighted by Gasteiger charge is 2.26. The normalized spacial score (nSPS) is 23.1. The smallest absolute Gasteiger partial charge is 0.306 e. The molecule has 0 heterocycles. The van der Waals surface area contributed by atoms with Crippen molar-refractivity contribution in [2.24, 2.45) is 11.8 Å². The molecule has 0 amide bonds. The quantitative estimate of drug-likeness (QED) is 0.915. The van der Waals surface area contributed by atoms with Gasteiger partial charge in [0.25, 0.3) is 0 Å². The van der Waals surface area contributed by atoms with Gasteiger partial charge in [0.2, 0.25) is 0 Å². The molecular weight excluding hydrogens is 306 g/mol. The van der Waals surface area contributed by atoms with E-state index in [2.05, 4.69) is 33.9 Å². The minimum Gasteiger partial charge on any atom is -0.481 e. The van der Waals surface area contributed by atoms with Crippen LogP contribution in [0.5, 0.6) is 0 Å². The number of para-hydroxylation sites is 1. The third-order valence-electron chi connectivity index (χ3n) is 3.99. The van der Waals surface area contributed by atoms with Gasteiger partial charge in [0.1, 0.15) is 0 Å².